The van der Waals surface area contributed by atoms with Crippen LogP contribution in [0, 0.1) is 17.6 Å². The van der Waals surface area contributed by atoms with Crippen LogP contribution in [-0.4, -0.2) is 67.7 Å². The second-order valence-corrected chi connectivity index (χ2v) is 9.10. The summed E-state index contributed by atoms with van der Waals surface area (Å²) in [5, 5.41) is 0. The van der Waals surface area contributed by atoms with E-state index < -0.39 is 45.3 Å². The van der Waals surface area contributed by atoms with Crippen LogP contribution in [0.1, 0.15) is 24.2 Å². The van der Waals surface area contributed by atoms with Crippen LogP contribution >= 0.6 is 0 Å². The molecule has 0 aliphatic carbocycles. The van der Waals surface area contributed by atoms with Gasteiger partial charge >= 0.3 is 0 Å². The van der Waals surface area contributed by atoms with Crippen LogP contribution < -0.4 is 0 Å². The minimum atomic E-state index is -3.52. The van der Waals surface area contributed by atoms with Crippen molar-refractivity contribution in [3.8, 4) is 0 Å². The van der Waals surface area contributed by atoms with E-state index in [2.05, 4.69) is 0 Å². The van der Waals surface area contributed by atoms with Gasteiger partial charge < -0.3 is 9.64 Å². The molecule has 2 aliphatic heterocycles. The van der Waals surface area contributed by atoms with Crippen LogP contribution in [0.4, 0.5) is 8.78 Å². The first-order chi connectivity index (χ1) is 12.2. The average Bonchev–Trinajstić information content (AvgIpc) is 2.91. The molecule has 0 saturated carbocycles. The molecule has 0 bridgehead atoms. The van der Waals surface area contributed by atoms with E-state index in [-0.39, 0.29) is 31.4 Å². The van der Waals surface area contributed by atoms with Gasteiger partial charge in [-0.2, -0.15) is 4.31 Å². The fourth-order valence-electron chi connectivity index (χ4n) is 3.46. The highest BCUT2D eigenvalue weighted by Gasteiger charge is 2.46. The molecule has 1 aromatic carbocycles. The molecule has 0 aromatic heterocycles. The number of amides is 1. The Hall–Kier alpha value is -1.58. The smallest absolute Gasteiger partial charge is 0.259 e. The summed E-state index contributed by atoms with van der Waals surface area (Å²) in [6.07, 6.45) is -0.509. The molecule has 9 heteroatoms. The van der Waals surface area contributed by atoms with Gasteiger partial charge in [-0.25, -0.2) is 17.2 Å². The number of halogens is 2. The van der Waals surface area contributed by atoms with Gasteiger partial charge in [0.15, 0.2) is 0 Å². The Morgan fingerprint density at radius 1 is 1.27 bits per heavy atom. The van der Waals surface area contributed by atoms with Crippen LogP contribution in [0.15, 0.2) is 18.2 Å². The van der Waals surface area contributed by atoms with Crippen LogP contribution in [0.25, 0.3) is 0 Å². The number of carbonyl (C=O) groups is 1. The van der Waals surface area contributed by atoms with E-state index in [1.807, 2.05) is 13.8 Å². The highest BCUT2D eigenvalue weighted by Crippen LogP contribution is 2.28. The van der Waals surface area contributed by atoms with Gasteiger partial charge in [0.05, 0.1) is 24.5 Å². The molecular formula is C17H22F2N2O4S. The number of fused-ring (bicyclic) bond motifs is 1. The molecule has 6 nitrogen and oxygen atoms in total. The van der Waals surface area contributed by atoms with Crippen molar-refractivity contribution in [1.82, 2.24) is 9.21 Å². The molecule has 1 amide bonds. The van der Waals surface area contributed by atoms with Gasteiger partial charge in [0.2, 0.25) is 10.0 Å². The minimum absolute atomic E-state index is 0.0359. The summed E-state index contributed by atoms with van der Waals surface area (Å²) in [5.74, 6) is -2.68. The minimum Gasteiger partial charge on any atom is -0.374 e. The van der Waals surface area contributed by atoms with E-state index in [1.165, 1.54) is 15.3 Å². The summed E-state index contributed by atoms with van der Waals surface area (Å²) < 4.78 is 60.0. The molecule has 2 fully saturated rings. The van der Waals surface area contributed by atoms with Gasteiger partial charge in [0, 0.05) is 19.6 Å². The maximum Gasteiger partial charge on any atom is 0.259 e. The Balaban J connectivity index is 1.88. The first-order valence-electron chi connectivity index (χ1n) is 8.55. The van der Waals surface area contributed by atoms with E-state index in [0.29, 0.717) is 6.54 Å². The predicted molar refractivity (Wildman–Crippen MR) is 91.1 cm³/mol. The lowest BCUT2D eigenvalue weighted by molar-refractivity contribution is 0.0440. The van der Waals surface area contributed by atoms with Crippen molar-refractivity contribution in [2.24, 2.45) is 5.92 Å². The molecule has 2 atom stereocenters. The summed E-state index contributed by atoms with van der Waals surface area (Å²) >= 11 is 0. The number of sulfonamides is 1. The molecule has 3 rings (SSSR count). The standard InChI is InChI=1S/C17H22F2N2O4S/c1-11(2)8-21-14-9-20(10-15(14)25-6-7-26(21,23)24)17(22)16-12(18)4-3-5-13(16)19/h3-5,11,14-15H,6-10H2,1-2H3/t14-,15+/m1/s1. The lowest BCUT2D eigenvalue weighted by atomic mass is 10.1. The fraction of sp³-hybridized carbons (Fsp3) is 0.588. The van der Waals surface area contributed by atoms with Gasteiger partial charge in [0.1, 0.15) is 17.2 Å². The van der Waals surface area contributed by atoms with Crippen molar-refractivity contribution in [3.63, 3.8) is 0 Å². The Bertz CT molecular complexity index is 780. The summed E-state index contributed by atoms with van der Waals surface area (Å²) in [6, 6.07) is 2.69. The van der Waals surface area contributed by atoms with E-state index >= 15 is 0 Å². The van der Waals surface area contributed by atoms with Crippen molar-refractivity contribution in [3.05, 3.63) is 35.4 Å². The molecule has 0 radical (unpaired) electrons. The number of nitrogens with zero attached hydrogens (tertiary/aromatic N) is 2. The topological polar surface area (TPSA) is 66.9 Å². The van der Waals surface area contributed by atoms with E-state index in [0.717, 1.165) is 12.1 Å². The Morgan fingerprint density at radius 2 is 1.92 bits per heavy atom. The lowest BCUT2D eigenvalue weighted by Crippen LogP contribution is -2.47. The lowest BCUT2D eigenvalue weighted by Gasteiger charge is -2.29. The zero-order chi connectivity index (χ0) is 19.1. The second-order valence-electron chi connectivity index (χ2n) is 7.06. The molecule has 26 heavy (non-hydrogen) atoms. The first-order valence-corrected chi connectivity index (χ1v) is 10.2. The third-order valence-corrected chi connectivity index (χ3v) is 6.46. The molecule has 144 valence electrons. The van der Waals surface area contributed by atoms with Crippen molar-refractivity contribution in [2.45, 2.75) is 26.0 Å². The summed E-state index contributed by atoms with van der Waals surface area (Å²) in [7, 11) is -3.52. The number of ether oxygens (including phenoxy) is 1. The van der Waals surface area contributed by atoms with Crippen molar-refractivity contribution >= 4 is 15.9 Å². The summed E-state index contributed by atoms with van der Waals surface area (Å²) in [5.41, 5.74) is -0.623. The van der Waals surface area contributed by atoms with Gasteiger partial charge in [-0.3, -0.25) is 4.79 Å². The Labute approximate surface area is 151 Å². The van der Waals surface area contributed by atoms with Crippen molar-refractivity contribution in [1.29, 1.82) is 0 Å². The molecular weight excluding hydrogens is 366 g/mol. The normalized spacial score (nSPS) is 26.0. The van der Waals surface area contributed by atoms with E-state index in [1.54, 1.807) is 0 Å². The van der Waals surface area contributed by atoms with Crippen molar-refractivity contribution < 1.29 is 26.7 Å². The molecule has 2 saturated heterocycles. The summed E-state index contributed by atoms with van der Waals surface area (Å²) in [6.45, 7) is 4.30. The maximum absolute atomic E-state index is 13.9. The predicted octanol–water partition coefficient (Wildman–Crippen LogP) is 1.48. The number of hydrogen-bond acceptors (Lipinski definition) is 4. The second kappa shape index (κ2) is 7.21. The zero-order valence-corrected chi connectivity index (χ0v) is 15.5. The SMILES string of the molecule is CC(C)CN1[C@@H]2CN(C(=O)c3c(F)cccc3F)C[C@@H]2OCCS1(=O)=O. The van der Waals surface area contributed by atoms with Crippen molar-refractivity contribution in [2.75, 3.05) is 32.0 Å². The molecule has 1 aromatic rings. The third kappa shape index (κ3) is 3.60. The highest BCUT2D eigenvalue weighted by atomic mass is 32.2. The van der Waals surface area contributed by atoms with Gasteiger partial charge in [-0.15, -0.1) is 0 Å². The summed E-state index contributed by atoms with van der Waals surface area (Å²) in [4.78, 5) is 13.9. The zero-order valence-electron chi connectivity index (χ0n) is 14.7. The Kier molecular flexibility index (Phi) is 5.32. The monoisotopic (exact) mass is 388 g/mol. The van der Waals surface area contributed by atoms with E-state index in [4.69, 9.17) is 4.74 Å². The third-order valence-electron chi connectivity index (χ3n) is 4.65. The number of likely N-dealkylation sites (tertiary alicyclic amines) is 1. The number of hydrogen-bond donors (Lipinski definition) is 0. The average molecular weight is 388 g/mol. The highest BCUT2D eigenvalue weighted by molar-refractivity contribution is 7.89. The molecule has 0 N–H and O–H groups in total. The van der Waals surface area contributed by atoms with Crippen LogP contribution in [0.2, 0.25) is 0 Å². The molecule has 2 heterocycles. The molecule has 0 unspecified atom stereocenters. The first kappa shape index (κ1) is 19.2. The maximum atomic E-state index is 13.9. The molecule has 2 aliphatic rings. The number of carbonyl (C=O) groups excluding carboxylic acids is 1. The number of benzene rings is 1. The quantitative estimate of drug-likeness (QED) is 0.787. The Morgan fingerprint density at radius 3 is 2.54 bits per heavy atom. The molecule has 0 spiro atoms. The number of rotatable bonds is 3. The fourth-order valence-corrected chi connectivity index (χ4v) is 5.14. The van der Waals surface area contributed by atoms with Crippen LogP contribution in [0.5, 0.6) is 0 Å². The van der Waals surface area contributed by atoms with Crippen LogP contribution in [0.3, 0.4) is 0 Å². The van der Waals surface area contributed by atoms with Gasteiger partial charge in [-0.1, -0.05) is 19.9 Å². The van der Waals surface area contributed by atoms with Gasteiger partial charge in [-0.05, 0) is 18.1 Å². The van der Waals surface area contributed by atoms with Gasteiger partial charge in [0.25, 0.3) is 5.91 Å². The van der Waals surface area contributed by atoms with Crippen LogP contribution in [-0.2, 0) is 14.8 Å². The largest absolute Gasteiger partial charge is 0.374 e. The van der Waals surface area contributed by atoms with E-state index in [9.17, 15) is 22.0 Å².